The normalized spacial score (nSPS) is 19.3. The predicted octanol–water partition coefficient (Wildman–Crippen LogP) is 2.77. The van der Waals surface area contributed by atoms with Crippen molar-refractivity contribution in [1.82, 2.24) is 10.6 Å². The lowest BCUT2D eigenvalue weighted by molar-refractivity contribution is 0.0732. The molecule has 1 atom stereocenters. The van der Waals surface area contributed by atoms with Crippen molar-refractivity contribution in [3.63, 3.8) is 0 Å². The highest BCUT2D eigenvalue weighted by Gasteiger charge is 2.36. The van der Waals surface area contributed by atoms with E-state index in [1.165, 1.54) is 19.3 Å². The van der Waals surface area contributed by atoms with E-state index in [0.29, 0.717) is 12.0 Å². The Bertz CT molecular complexity index is 343. The smallest absolute Gasteiger partial charge is 0.191 e. The lowest BCUT2D eigenvalue weighted by Crippen LogP contribution is -2.47. The van der Waals surface area contributed by atoms with Gasteiger partial charge in [0.2, 0.25) is 0 Å². The number of hydrogen-bond donors (Lipinski definition) is 3. The Balaban J connectivity index is 0.00000484. The van der Waals surface area contributed by atoms with Gasteiger partial charge in [0.05, 0.1) is 13.2 Å². The second-order valence-electron chi connectivity index (χ2n) is 6.97. The van der Waals surface area contributed by atoms with Gasteiger partial charge in [0.25, 0.3) is 0 Å². The van der Waals surface area contributed by atoms with E-state index in [0.717, 1.165) is 38.5 Å². The van der Waals surface area contributed by atoms with Crippen molar-refractivity contribution >= 4 is 29.9 Å². The molecule has 3 N–H and O–H groups in total. The summed E-state index contributed by atoms with van der Waals surface area (Å²) in [4.78, 5) is 4.67. The molecule has 5 nitrogen and oxygen atoms in total. The van der Waals surface area contributed by atoms with Gasteiger partial charge >= 0.3 is 0 Å². The number of ether oxygens (including phenoxy) is 1. The summed E-state index contributed by atoms with van der Waals surface area (Å²) in [5, 5.41) is 16.3. The largest absolute Gasteiger partial charge is 0.396 e. The minimum atomic E-state index is -0.132. The van der Waals surface area contributed by atoms with E-state index >= 15 is 0 Å². The number of aliphatic hydroxyl groups is 1. The zero-order valence-electron chi connectivity index (χ0n) is 15.3. The molecule has 1 fully saturated rings. The van der Waals surface area contributed by atoms with Crippen molar-refractivity contribution in [3.8, 4) is 0 Å². The maximum absolute atomic E-state index is 9.51. The van der Waals surface area contributed by atoms with Gasteiger partial charge in [0, 0.05) is 32.2 Å². The Kier molecular flexibility index (Phi) is 11.4. The number of rotatable bonds is 10. The van der Waals surface area contributed by atoms with E-state index in [1.807, 2.05) is 0 Å². The van der Waals surface area contributed by atoms with Crippen LogP contribution in [0.4, 0.5) is 0 Å². The summed E-state index contributed by atoms with van der Waals surface area (Å²) in [6.45, 7) is 9.68. The molecule has 0 aliphatic heterocycles. The van der Waals surface area contributed by atoms with Gasteiger partial charge in [-0.1, -0.05) is 20.3 Å². The zero-order chi connectivity index (χ0) is 16.5. The molecule has 0 aromatic heterocycles. The van der Waals surface area contributed by atoms with E-state index in [1.54, 1.807) is 7.11 Å². The molecule has 0 aromatic rings. The van der Waals surface area contributed by atoms with E-state index in [2.05, 4.69) is 36.4 Å². The van der Waals surface area contributed by atoms with Crippen LogP contribution in [0.1, 0.15) is 52.9 Å². The van der Waals surface area contributed by atoms with Crippen LogP contribution in [0.2, 0.25) is 0 Å². The summed E-state index contributed by atoms with van der Waals surface area (Å²) in [5.41, 5.74) is 0.240. The van der Waals surface area contributed by atoms with Gasteiger partial charge in [-0.05, 0) is 38.0 Å². The number of nitrogens with zero attached hydrogens (tertiary/aromatic N) is 1. The first-order chi connectivity index (χ1) is 10.5. The SMILES string of the molecule is CCNC(=NCC(C)(CC)CO)NCC1(CCOC)CCC1.I. The molecule has 138 valence electrons. The van der Waals surface area contributed by atoms with E-state index in [4.69, 9.17) is 4.74 Å². The van der Waals surface area contributed by atoms with Gasteiger partial charge < -0.3 is 20.5 Å². The zero-order valence-corrected chi connectivity index (χ0v) is 17.6. The van der Waals surface area contributed by atoms with Crippen molar-refractivity contribution in [3.05, 3.63) is 0 Å². The number of guanidine groups is 1. The van der Waals surface area contributed by atoms with Crippen molar-refractivity contribution < 1.29 is 9.84 Å². The second-order valence-corrected chi connectivity index (χ2v) is 6.97. The monoisotopic (exact) mass is 441 g/mol. The highest BCUT2D eigenvalue weighted by molar-refractivity contribution is 14.0. The Morgan fingerprint density at radius 2 is 2.00 bits per heavy atom. The lowest BCUT2D eigenvalue weighted by Gasteiger charge is -2.42. The third-order valence-electron chi connectivity index (χ3n) is 5.08. The average Bonchev–Trinajstić information content (AvgIpc) is 2.50. The predicted molar refractivity (Wildman–Crippen MR) is 108 cm³/mol. The molecule has 1 aliphatic rings. The minimum absolute atomic E-state index is 0. The van der Waals surface area contributed by atoms with Crippen LogP contribution in [-0.4, -0.2) is 51.0 Å². The van der Waals surface area contributed by atoms with Gasteiger partial charge in [-0.2, -0.15) is 0 Å². The molecule has 6 heteroatoms. The van der Waals surface area contributed by atoms with E-state index < -0.39 is 0 Å². The summed E-state index contributed by atoms with van der Waals surface area (Å²) in [6, 6.07) is 0. The van der Waals surface area contributed by atoms with Crippen molar-refractivity contribution in [1.29, 1.82) is 0 Å². The molecule has 0 aromatic carbocycles. The molecular formula is C17H36IN3O2. The van der Waals surface area contributed by atoms with E-state index in [-0.39, 0.29) is 36.0 Å². The van der Waals surface area contributed by atoms with Gasteiger partial charge in [0.15, 0.2) is 5.96 Å². The Morgan fingerprint density at radius 3 is 2.43 bits per heavy atom. The van der Waals surface area contributed by atoms with Crippen LogP contribution < -0.4 is 10.6 Å². The topological polar surface area (TPSA) is 65.9 Å². The first-order valence-corrected chi connectivity index (χ1v) is 8.65. The average molecular weight is 441 g/mol. The van der Waals surface area contributed by atoms with Gasteiger partial charge in [0.1, 0.15) is 0 Å². The molecular weight excluding hydrogens is 405 g/mol. The third kappa shape index (κ3) is 7.56. The Morgan fingerprint density at radius 1 is 1.30 bits per heavy atom. The highest BCUT2D eigenvalue weighted by Crippen LogP contribution is 2.43. The molecule has 1 aliphatic carbocycles. The minimum Gasteiger partial charge on any atom is -0.396 e. The van der Waals surface area contributed by atoms with Crippen LogP contribution >= 0.6 is 24.0 Å². The molecule has 0 amide bonds. The quantitative estimate of drug-likeness (QED) is 0.277. The summed E-state index contributed by atoms with van der Waals surface area (Å²) in [7, 11) is 1.77. The van der Waals surface area contributed by atoms with Gasteiger partial charge in [-0.25, -0.2) is 0 Å². The Hall–Kier alpha value is -0.0800. The first kappa shape index (κ1) is 22.9. The molecule has 1 rings (SSSR count). The summed E-state index contributed by atoms with van der Waals surface area (Å²) >= 11 is 0. The fourth-order valence-corrected chi connectivity index (χ4v) is 2.67. The highest BCUT2D eigenvalue weighted by atomic mass is 127. The van der Waals surface area contributed by atoms with E-state index in [9.17, 15) is 5.11 Å². The maximum atomic E-state index is 9.51. The Labute approximate surface area is 159 Å². The van der Waals surface area contributed by atoms with Crippen molar-refractivity contribution in [2.45, 2.75) is 52.9 Å². The summed E-state index contributed by atoms with van der Waals surface area (Å²) in [6.07, 6.45) is 5.89. The van der Waals surface area contributed by atoms with Crippen LogP contribution in [0, 0.1) is 10.8 Å². The van der Waals surface area contributed by atoms with Crippen molar-refractivity contribution in [2.75, 3.05) is 40.0 Å². The number of aliphatic hydroxyl groups excluding tert-OH is 1. The number of nitrogens with one attached hydrogen (secondary N) is 2. The summed E-state index contributed by atoms with van der Waals surface area (Å²) in [5.74, 6) is 0.860. The molecule has 0 bridgehead atoms. The molecule has 0 spiro atoms. The fraction of sp³-hybridized carbons (Fsp3) is 0.941. The first-order valence-electron chi connectivity index (χ1n) is 8.65. The summed E-state index contributed by atoms with van der Waals surface area (Å²) < 4.78 is 5.25. The fourth-order valence-electron chi connectivity index (χ4n) is 2.67. The number of hydrogen-bond acceptors (Lipinski definition) is 3. The number of methoxy groups -OCH3 is 1. The van der Waals surface area contributed by atoms with Crippen molar-refractivity contribution in [2.24, 2.45) is 15.8 Å². The van der Waals surface area contributed by atoms with Gasteiger partial charge in [-0.15, -0.1) is 24.0 Å². The van der Waals surface area contributed by atoms with Crippen LogP contribution in [0.15, 0.2) is 4.99 Å². The molecule has 1 unspecified atom stereocenters. The number of aliphatic imine (C=N–C) groups is 1. The van der Waals surface area contributed by atoms with Crippen LogP contribution in [0.5, 0.6) is 0 Å². The molecule has 23 heavy (non-hydrogen) atoms. The lowest BCUT2D eigenvalue weighted by atomic mass is 9.67. The second kappa shape index (κ2) is 11.5. The number of halogens is 1. The maximum Gasteiger partial charge on any atom is 0.191 e. The molecule has 0 heterocycles. The van der Waals surface area contributed by atoms with Crippen LogP contribution in [0.3, 0.4) is 0 Å². The standard InChI is InChI=1S/C17H35N3O2.HI/c1-5-16(3,14-21)12-19-15(18-6-2)20-13-17(8-7-9-17)10-11-22-4;/h21H,5-14H2,1-4H3,(H2,18,19,20);1H. The van der Waals surface area contributed by atoms with Crippen LogP contribution in [-0.2, 0) is 4.74 Å². The van der Waals surface area contributed by atoms with Crippen LogP contribution in [0.25, 0.3) is 0 Å². The van der Waals surface area contributed by atoms with Gasteiger partial charge in [-0.3, -0.25) is 4.99 Å². The molecule has 0 radical (unpaired) electrons. The molecule has 1 saturated carbocycles. The molecule has 0 saturated heterocycles. The third-order valence-corrected chi connectivity index (χ3v) is 5.08.